The number of nitriles is 1. The minimum Gasteiger partial charge on any atom is -0.497 e. The van der Waals surface area contributed by atoms with E-state index in [1.807, 2.05) is 18.2 Å². The second-order valence-electron chi connectivity index (χ2n) is 4.47. The molecule has 2 aromatic rings. The van der Waals surface area contributed by atoms with Gasteiger partial charge in [-0.3, -0.25) is 0 Å². The van der Waals surface area contributed by atoms with Crippen LogP contribution >= 0.6 is 27.5 Å². The lowest BCUT2D eigenvalue weighted by molar-refractivity contribution is 0.200. The predicted molar refractivity (Wildman–Crippen MR) is 89.7 cm³/mol. The molecule has 0 heterocycles. The molecule has 0 aliphatic carbocycles. The number of carbonyl (C=O) groups is 1. The van der Waals surface area contributed by atoms with Crippen LogP contribution in [-0.2, 0) is 6.54 Å². The summed E-state index contributed by atoms with van der Waals surface area (Å²) < 4.78 is 10.7. The van der Waals surface area contributed by atoms with Gasteiger partial charge in [0.2, 0.25) is 0 Å². The van der Waals surface area contributed by atoms with Gasteiger partial charge in [-0.15, -0.1) is 0 Å². The Hall–Kier alpha value is -2.23. The van der Waals surface area contributed by atoms with Gasteiger partial charge in [0.05, 0.1) is 17.7 Å². The van der Waals surface area contributed by atoms with Crippen LogP contribution in [0.5, 0.6) is 11.5 Å². The van der Waals surface area contributed by atoms with Crippen LogP contribution < -0.4 is 14.8 Å². The molecule has 118 valence electrons. The molecule has 0 saturated heterocycles. The second kappa shape index (κ2) is 7.86. The van der Waals surface area contributed by atoms with Crippen LogP contribution in [0.2, 0.25) is 5.02 Å². The summed E-state index contributed by atoms with van der Waals surface area (Å²) in [7, 11) is 1.59. The van der Waals surface area contributed by atoms with Gasteiger partial charge in [-0.2, -0.15) is 5.26 Å². The zero-order valence-electron chi connectivity index (χ0n) is 12.1. The lowest BCUT2D eigenvalue weighted by Crippen LogP contribution is -2.26. The number of ether oxygens (including phenoxy) is 2. The molecule has 1 amide bonds. The van der Waals surface area contributed by atoms with E-state index < -0.39 is 6.09 Å². The SMILES string of the molecule is COc1ccc(CNC(=O)Oc2cc(C#N)c(Br)cc2Cl)cc1. The first kappa shape index (κ1) is 17.1. The summed E-state index contributed by atoms with van der Waals surface area (Å²) in [5.41, 5.74) is 1.22. The molecular weight excluding hydrogens is 384 g/mol. The number of hydrogen-bond donors (Lipinski definition) is 1. The molecule has 0 unspecified atom stereocenters. The van der Waals surface area contributed by atoms with Crippen LogP contribution in [0.4, 0.5) is 4.79 Å². The standard InChI is InChI=1S/C16H12BrClN2O3/c1-22-12-4-2-10(3-5-12)9-20-16(21)23-15-6-11(8-19)13(17)7-14(15)18/h2-7H,9H2,1H3,(H,20,21). The summed E-state index contributed by atoms with van der Waals surface area (Å²) in [5, 5.41) is 11.8. The maximum absolute atomic E-state index is 11.8. The average Bonchev–Trinajstić information content (AvgIpc) is 2.56. The fourth-order valence-corrected chi connectivity index (χ4v) is 2.51. The summed E-state index contributed by atoms with van der Waals surface area (Å²) in [4.78, 5) is 11.8. The Balaban J connectivity index is 1.98. The van der Waals surface area contributed by atoms with E-state index in [1.54, 1.807) is 19.2 Å². The van der Waals surface area contributed by atoms with Crippen LogP contribution in [0.3, 0.4) is 0 Å². The fraction of sp³-hybridized carbons (Fsp3) is 0.125. The van der Waals surface area contributed by atoms with Crippen LogP contribution in [0, 0.1) is 11.3 Å². The van der Waals surface area contributed by atoms with Crippen LogP contribution in [0.25, 0.3) is 0 Å². The summed E-state index contributed by atoms with van der Waals surface area (Å²) in [6, 6.07) is 12.1. The lowest BCUT2D eigenvalue weighted by atomic mass is 10.2. The Kier molecular flexibility index (Phi) is 5.85. The molecule has 2 rings (SSSR count). The number of rotatable bonds is 4. The highest BCUT2D eigenvalue weighted by molar-refractivity contribution is 9.10. The molecule has 7 heteroatoms. The number of methoxy groups -OCH3 is 1. The average molecular weight is 396 g/mol. The minimum atomic E-state index is -0.658. The molecule has 1 N–H and O–H groups in total. The Morgan fingerprint density at radius 2 is 2.04 bits per heavy atom. The van der Waals surface area contributed by atoms with Crippen LogP contribution in [0.15, 0.2) is 40.9 Å². The molecular formula is C16H12BrClN2O3. The number of hydrogen-bond acceptors (Lipinski definition) is 4. The van der Waals surface area contributed by atoms with Gasteiger partial charge in [0.15, 0.2) is 5.75 Å². The van der Waals surface area contributed by atoms with Crippen molar-refractivity contribution >= 4 is 33.6 Å². The third-order valence-electron chi connectivity index (χ3n) is 2.94. The normalized spacial score (nSPS) is 9.83. The van der Waals surface area contributed by atoms with Crippen molar-refractivity contribution in [1.82, 2.24) is 5.32 Å². The summed E-state index contributed by atoms with van der Waals surface area (Å²) in [6.45, 7) is 0.294. The van der Waals surface area contributed by atoms with E-state index in [2.05, 4.69) is 21.2 Å². The number of amides is 1. The molecule has 0 aliphatic heterocycles. The smallest absolute Gasteiger partial charge is 0.412 e. The van der Waals surface area contributed by atoms with Crippen molar-refractivity contribution in [3.05, 3.63) is 57.0 Å². The van der Waals surface area contributed by atoms with Gasteiger partial charge in [-0.1, -0.05) is 23.7 Å². The number of halogens is 2. The zero-order chi connectivity index (χ0) is 16.8. The molecule has 0 aromatic heterocycles. The minimum absolute atomic E-state index is 0.124. The fourth-order valence-electron chi connectivity index (χ4n) is 1.75. The zero-order valence-corrected chi connectivity index (χ0v) is 14.4. The second-order valence-corrected chi connectivity index (χ2v) is 5.73. The molecule has 0 fully saturated rings. The monoisotopic (exact) mass is 394 g/mol. The molecule has 0 bridgehead atoms. The molecule has 0 atom stereocenters. The van der Waals surface area contributed by atoms with E-state index in [0.717, 1.165) is 11.3 Å². The number of benzene rings is 2. The van der Waals surface area contributed by atoms with E-state index >= 15 is 0 Å². The Morgan fingerprint density at radius 1 is 1.35 bits per heavy atom. The highest BCUT2D eigenvalue weighted by Crippen LogP contribution is 2.31. The maximum Gasteiger partial charge on any atom is 0.412 e. The number of carbonyl (C=O) groups excluding carboxylic acids is 1. The quantitative estimate of drug-likeness (QED) is 0.839. The van der Waals surface area contributed by atoms with Crippen molar-refractivity contribution in [2.75, 3.05) is 7.11 Å². The third kappa shape index (κ3) is 4.62. The van der Waals surface area contributed by atoms with Crippen molar-refractivity contribution in [2.24, 2.45) is 0 Å². The topological polar surface area (TPSA) is 71.3 Å². The third-order valence-corrected chi connectivity index (χ3v) is 3.89. The summed E-state index contributed by atoms with van der Waals surface area (Å²) >= 11 is 9.20. The molecule has 0 saturated carbocycles. The Labute approximate surface area is 146 Å². The summed E-state index contributed by atoms with van der Waals surface area (Å²) in [6.07, 6.45) is -0.658. The van der Waals surface area contributed by atoms with Crippen molar-refractivity contribution in [3.63, 3.8) is 0 Å². The molecule has 5 nitrogen and oxygen atoms in total. The Bertz CT molecular complexity index is 757. The van der Waals surface area contributed by atoms with Gasteiger partial charge in [0, 0.05) is 17.1 Å². The first-order chi connectivity index (χ1) is 11.0. The molecule has 2 aromatic carbocycles. The number of nitrogens with one attached hydrogen (secondary N) is 1. The van der Waals surface area contributed by atoms with Gasteiger partial charge in [0.1, 0.15) is 11.8 Å². The van der Waals surface area contributed by atoms with Crippen LogP contribution in [-0.4, -0.2) is 13.2 Å². The number of nitrogens with zero attached hydrogens (tertiary/aromatic N) is 1. The van der Waals surface area contributed by atoms with Gasteiger partial charge >= 0.3 is 6.09 Å². The van der Waals surface area contributed by atoms with E-state index in [9.17, 15) is 4.79 Å². The Morgan fingerprint density at radius 3 is 2.65 bits per heavy atom. The van der Waals surface area contributed by atoms with Crippen LogP contribution in [0.1, 0.15) is 11.1 Å². The van der Waals surface area contributed by atoms with Crippen molar-refractivity contribution < 1.29 is 14.3 Å². The highest BCUT2D eigenvalue weighted by atomic mass is 79.9. The van der Waals surface area contributed by atoms with Gasteiger partial charge < -0.3 is 14.8 Å². The van der Waals surface area contributed by atoms with Crippen molar-refractivity contribution in [1.29, 1.82) is 5.26 Å². The van der Waals surface area contributed by atoms with E-state index in [1.165, 1.54) is 12.1 Å². The first-order valence-electron chi connectivity index (χ1n) is 6.51. The van der Waals surface area contributed by atoms with Gasteiger partial charge in [-0.05, 0) is 39.7 Å². The highest BCUT2D eigenvalue weighted by Gasteiger charge is 2.12. The van der Waals surface area contributed by atoms with E-state index in [4.69, 9.17) is 26.3 Å². The van der Waals surface area contributed by atoms with Gasteiger partial charge in [0.25, 0.3) is 0 Å². The first-order valence-corrected chi connectivity index (χ1v) is 7.68. The summed E-state index contributed by atoms with van der Waals surface area (Å²) in [5.74, 6) is 0.862. The maximum atomic E-state index is 11.8. The molecule has 0 spiro atoms. The van der Waals surface area contributed by atoms with Gasteiger partial charge in [-0.25, -0.2) is 4.79 Å². The largest absolute Gasteiger partial charge is 0.497 e. The lowest BCUT2D eigenvalue weighted by Gasteiger charge is -2.09. The van der Waals surface area contributed by atoms with E-state index in [-0.39, 0.29) is 10.8 Å². The molecule has 0 aliphatic rings. The van der Waals surface area contributed by atoms with Crippen molar-refractivity contribution in [3.8, 4) is 17.6 Å². The van der Waals surface area contributed by atoms with E-state index in [0.29, 0.717) is 16.6 Å². The predicted octanol–water partition coefficient (Wildman–Crippen LogP) is 4.27. The molecule has 23 heavy (non-hydrogen) atoms. The van der Waals surface area contributed by atoms with Crippen molar-refractivity contribution in [2.45, 2.75) is 6.54 Å². The molecule has 0 radical (unpaired) electrons.